The van der Waals surface area contributed by atoms with Crippen molar-refractivity contribution in [3.05, 3.63) is 28.5 Å². The van der Waals surface area contributed by atoms with Gasteiger partial charge in [-0.1, -0.05) is 11.6 Å². The molecule has 0 unspecified atom stereocenters. The minimum Gasteiger partial charge on any atom is -0.465 e. The molecule has 128 valence electrons. The lowest BCUT2D eigenvalue weighted by molar-refractivity contribution is -0.164. The fourth-order valence-electron chi connectivity index (χ4n) is 1.79. The highest BCUT2D eigenvalue weighted by Gasteiger charge is 2.49. The van der Waals surface area contributed by atoms with E-state index in [1.807, 2.05) is 0 Å². The molecule has 1 rings (SSSR count). The highest BCUT2D eigenvalue weighted by atomic mass is 35.5. The number of aromatic nitrogens is 1. The van der Waals surface area contributed by atoms with Crippen LogP contribution in [0.15, 0.2) is 12.3 Å². The highest BCUT2D eigenvalue weighted by Crippen LogP contribution is 2.36. The van der Waals surface area contributed by atoms with Crippen LogP contribution < -0.4 is 0 Å². The zero-order valence-electron chi connectivity index (χ0n) is 12.7. The summed E-state index contributed by atoms with van der Waals surface area (Å²) in [6.45, 7) is 4.11. The van der Waals surface area contributed by atoms with Crippen molar-refractivity contribution < 1.29 is 32.2 Å². The number of ether oxygens (including phenoxy) is 2. The lowest BCUT2D eigenvalue weighted by Crippen LogP contribution is -2.44. The molecule has 0 aromatic carbocycles. The average Bonchev–Trinajstić information content (AvgIpc) is 2.45. The lowest BCUT2D eigenvalue weighted by Gasteiger charge is -2.25. The number of pyridine rings is 1. The number of carbonyl (C=O) groups excluding carboxylic acids is 2. The van der Waals surface area contributed by atoms with E-state index < -0.39 is 34.1 Å². The normalized spacial score (nSPS) is 12.0. The maximum atomic E-state index is 12.7. The summed E-state index contributed by atoms with van der Waals surface area (Å²) in [5.74, 6) is -2.01. The second-order valence-electron chi connectivity index (χ2n) is 4.62. The summed E-state index contributed by atoms with van der Waals surface area (Å²) in [6.07, 6.45) is -4.16. The Labute approximate surface area is 135 Å². The van der Waals surface area contributed by atoms with Gasteiger partial charge in [-0.2, -0.15) is 13.2 Å². The van der Waals surface area contributed by atoms with E-state index in [-0.39, 0.29) is 18.9 Å². The van der Waals surface area contributed by atoms with E-state index in [1.54, 1.807) is 0 Å². The molecule has 0 saturated heterocycles. The number of alkyl halides is 3. The summed E-state index contributed by atoms with van der Waals surface area (Å²) in [6, 6.07) is 0.598. The zero-order chi connectivity index (χ0) is 17.8. The Morgan fingerprint density at radius 1 is 1.17 bits per heavy atom. The van der Waals surface area contributed by atoms with Gasteiger partial charge in [0.15, 0.2) is 0 Å². The van der Waals surface area contributed by atoms with E-state index in [9.17, 15) is 22.8 Å². The van der Waals surface area contributed by atoms with Crippen LogP contribution in [0, 0.1) is 0 Å². The summed E-state index contributed by atoms with van der Waals surface area (Å²) in [7, 11) is 0. The van der Waals surface area contributed by atoms with E-state index in [2.05, 4.69) is 4.98 Å². The van der Waals surface area contributed by atoms with Crippen LogP contribution in [0.5, 0.6) is 0 Å². The monoisotopic (exact) mass is 353 g/mol. The molecule has 0 fully saturated rings. The van der Waals surface area contributed by atoms with Crippen LogP contribution in [0.4, 0.5) is 13.2 Å². The van der Waals surface area contributed by atoms with Crippen molar-refractivity contribution in [3.8, 4) is 0 Å². The second kappa shape index (κ2) is 7.16. The quantitative estimate of drug-likeness (QED) is 0.601. The molecule has 9 heteroatoms. The molecule has 23 heavy (non-hydrogen) atoms. The number of halogens is 4. The van der Waals surface area contributed by atoms with Gasteiger partial charge >= 0.3 is 18.1 Å². The van der Waals surface area contributed by atoms with Crippen LogP contribution in [-0.2, 0) is 30.7 Å². The molecule has 5 nitrogen and oxygen atoms in total. The van der Waals surface area contributed by atoms with Crippen LogP contribution in [0.1, 0.15) is 32.0 Å². The topological polar surface area (TPSA) is 65.5 Å². The molecule has 0 aliphatic rings. The third kappa shape index (κ3) is 3.93. The van der Waals surface area contributed by atoms with Crippen LogP contribution in [0.3, 0.4) is 0 Å². The van der Waals surface area contributed by atoms with Crippen molar-refractivity contribution in [3.63, 3.8) is 0 Å². The SMILES string of the molecule is CCOC(=O)C(C)(C(=O)OCC)c1ncc(C(F)(F)F)cc1Cl. The predicted octanol–water partition coefficient (Wildman–Crippen LogP) is 3.14. The van der Waals surface area contributed by atoms with Gasteiger partial charge in [0.25, 0.3) is 0 Å². The van der Waals surface area contributed by atoms with Gasteiger partial charge in [0, 0.05) is 6.20 Å². The molecule has 0 bridgehead atoms. The maximum Gasteiger partial charge on any atom is 0.417 e. The molecule has 1 aromatic rings. The molecule has 0 spiro atoms. The smallest absolute Gasteiger partial charge is 0.417 e. The van der Waals surface area contributed by atoms with Crippen LogP contribution >= 0.6 is 11.6 Å². The first-order valence-corrected chi connectivity index (χ1v) is 7.04. The highest BCUT2D eigenvalue weighted by molar-refractivity contribution is 6.32. The van der Waals surface area contributed by atoms with Crippen LogP contribution in [0.25, 0.3) is 0 Å². The Kier molecular flexibility index (Phi) is 5.98. The van der Waals surface area contributed by atoms with Crippen molar-refractivity contribution >= 4 is 23.5 Å². The van der Waals surface area contributed by atoms with Crippen molar-refractivity contribution in [2.24, 2.45) is 0 Å². The van der Waals surface area contributed by atoms with Gasteiger partial charge < -0.3 is 9.47 Å². The first-order chi connectivity index (χ1) is 10.6. The summed E-state index contributed by atoms with van der Waals surface area (Å²) in [5, 5.41) is -0.483. The largest absolute Gasteiger partial charge is 0.465 e. The minimum absolute atomic E-state index is 0.0356. The van der Waals surface area contributed by atoms with Gasteiger partial charge in [-0.3, -0.25) is 14.6 Å². The van der Waals surface area contributed by atoms with E-state index >= 15 is 0 Å². The first-order valence-electron chi connectivity index (χ1n) is 6.66. The molecular weight excluding hydrogens is 339 g/mol. The Morgan fingerprint density at radius 3 is 2.00 bits per heavy atom. The number of hydrogen-bond donors (Lipinski definition) is 0. The van der Waals surface area contributed by atoms with Crippen molar-refractivity contribution in [2.45, 2.75) is 32.4 Å². The Balaban J connectivity index is 3.44. The number of carbonyl (C=O) groups is 2. The van der Waals surface area contributed by atoms with Gasteiger partial charge in [0.05, 0.1) is 29.5 Å². The number of hydrogen-bond acceptors (Lipinski definition) is 5. The van der Waals surface area contributed by atoms with E-state index in [4.69, 9.17) is 21.1 Å². The molecule has 1 heterocycles. The van der Waals surface area contributed by atoms with Gasteiger partial charge in [-0.05, 0) is 26.8 Å². The summed E-state index contributed by atoms with van der Waals surface area (Å²) < 4.78 is 47.7. The Bertz CT molecular complexity index is 586. The van der Waals surface area contributed by atoms with Gasteiger partial charge in [0.2, 0.25) is 5.41 Å². The molecule has 0 aliphatic carbocycles. The van der Waals surface area contributed by atoms with E-state index in [0.29, 0.717) is 12.3 Å². The average molecular weight is 354 g/mol. The number of rotatable bonds is 5. The molecule has 0 saturated carbocycles. The van der Waals surface area contributed by atoms with Gasteiger partial charge in [-0.15, -0.1) is 0 Å². The Morgan fingerprint density at radius 2 is 1.65 bits per heavy atom. The minimum atomic E-state index is -4.65. The summed E-state index contributed by atoms with van der Waals surface area (Å²) in [4.78, 5) is 27.9. The summed E-state index contributed by atoms with van der Waals surface area (Å²) in [5.41, 5.74) is -3.52. The Hall–Kier alpha value is -1.83. The molecule has 0 atom stereocenters. The van der Waals surface area contributed by atoms with Crippen molar-refractivity contribution in [1.82, 2.24) is 4.98 Å². The lowest BCUT2D eigenvalue weighted by atomic mass is 9.86. The standard InChI is InChI=1S/C14H15ClF3NO4/c1-4-22-11(20)13(3,12(21)23-5-2)10-9(15)6-8(7-19-10)14(16,17)18/h6-7H,4-5H2,1-3H3. The molecule has 0 N–H and O–H groups in total. The third-order valence-corrected chi connectivity index (χ3v) is 3.30. The van der Waals surface area contributed by atoms with Crippen molar-refractivity contribution in [1.29, 1.82) is 0 Å². The summed E-state index contributed by atoms with van der Waals surface area (Å²) >= 11 is 5.83. The van der Waals surface area contributed by atoms with Crippen LogP contribution in [0.2, 0.25) is 5.02 Å². The first kappa shape index (κ1) is 19.2. The van der Waals surface area contributed by atoms with E-state index in [0.717, 1.165) is 6.92 Å². The van der Waals surface area contributed by atoms with Gasteiger partial charge in [-0.25, -0.2) is 0 Å². The van der Waals surface area contributed by atoms with E-state index in [1.165, 1.54) is 13.8 Å². The fraction of sp³-hybridized carbons (Fsp3) is 0.500. The van der Waals surface area contributed by atoms with Crippen LogP contribution in [-0.4, -0.2) is 30.1 Å². The third-order valence-electron chi connectivity index (χ3n) is 3.01. The molecular formula is C14H15ClF3NO4. The van der Waals surface area contributed by atoms with Crippen molar-refractivity contribution in [2.75, 3.05) is 13.2 Å². The molecule has 0 aliphatic heterocycles. The predicted molar refractivity (Wildman–Crippen MR) is 74.9 cm³/mol. The maximum absolute atomic E-state index is 12.7. The van der Waals surface area contributed by atoms with Gasteiger partial charge in [0.1, 0.15) is 0 Å². The molecule has 0 amide bonds. The zero-order valence-corrected chi connectivity index (χ0v) is 13.4. The number of esters is 2. The molecule has 1 aromatic heterocycles. The second-order valence-corrected chi connectivity index (χ2v) is 5.03. The number of nitrogens with zero attached hydrogens (tertiary/aromatic N) is 1. The molecule has 0 radical (unpaired) electrons. The fourth-order valence-corrected chi connectivity index (χ4v) is 2.14.